The van der Waals surface area contributed by atoms with Gasteiger partial charge in [0, 0.05) is 21.7 Å². The van der Waals surface area contributed by atoms with Crippen LogP contribution in [-0.4, -0.2) is 29.1 Å². The van der Waals surface area contributed by atoms with E-state index < -0.39 is 11.6 Å². The molecule has 25 heavy (non-hydrogen) atoms. The number of amides is 3. The molecule has 1 unspecified atom stereocenters. The lowest BCUT2D eigenvalue weighted by atomic mass is 9.92. The number of nitrogens with zero attached hydrogens (tertiary/aromatic N) is 1. The Morgan fingerprint density at radius 2 is 1.96 bits per heavy atom. The van der Waals surface area contributed by atoms with E-state index in [1.165, 1.54) is 22.7 Å². The van der Waals surface area contributed by atoms with Gasteiger partial charge in [-0.15, -0.1) is 11.8 Å². The fraction of sp³-hybridized carbons (Fsp3) is 0.222. The number of halogens is 2. The van der Waals surface area contributed by atoms with Gasteiger partial charge < -0.3 is 5.32 Å². The number of carbonyl (C=O) groups is 2. The van der Waals surface area contributed by atoms with Crippen molar-refractivity contribution in [3.05, 3.63) is 64.4 Å². The Morgan fingerprint density at radius 3 is 2.68 bits per heavy atom. The summed E-state index contributed by atoms with van der Waals surface area (Å²) in [5.41, 5.74) is -0.381. The predicted molar refractivity (Wildman–Crippen MR) is 98.9 cm³/mol. The van der Waals surface area contributed by atoms with Gasteiger partial charge in [0.25, 0.3) is 5.91 Å². The molecule has 1 fully saturated rings. The molecule has 1 N–H and O–H groups in total. The van der Waals surface area contributed by atoms with Crippen LogP contribution in [-0.2, 0) is 10.3 Å². The molecule has 4 nitrogen and oxygen atoms in total. The van der Waals surface area contributed by atoms with E-state index in [4.69, 9.17) is 0 Å². The lowest BCUT2D eigenvalue weighted by molar-refractivity contribution is -0.130. The van der Waals surface area contributed by atoms with Gasteiger partial charge in [-0.1, -0.05) is 40.2 Å². The van der Waals surface area contributed by atoms with Crippen LogP contribution in [0.25, 0.3) is 0 Å². The summed E-state index contributed by atoms with van der Waals surface area (Å²) in [5, 5.41) is 2.77. The van der Waals surface area contributed by atoms with E-state index in [1.54, 1.807) is 31.2 Å². The molecular weight excluding hydrogens is 407 g/mol. The molecule has 1 aliphatic heterocycles. The highest BCUT2D eigenvalue weighted by atomic mass is 79.9. The van der Waals surface area contributed by atoms with Gasteiger partial charge in [-0.25, -0.2) is 9.18 Å². The molecule has 0 aromatic heterocycles. The maximum Gasteiger partial charge on any atom is 0.325 e. The van der Waals surface area contributed by atoms with Crippen LogP contribution in [0.15, 0.2) is 57.9 Å². The highest BCUT2D eigenvalue weighted by molar-refractivity contribution is 9.10. The van der Waals surface area contributed by atoms with E-state index in [-0.39, 0.29) is 18.3 Å². The second kappa shape index (κ2) is 7.17. The van der Waals surface area contributed by atoms with Gasteiger partial charge in [-0.2, -0.15) is 0 Å². The summed E-state index contributed by atoms with van der Waals surface area (Å²) in [6, 6.07) is 13.3. The second-order valence-electron chi connectivity index (χ2n) is 5.80. The van der Waals surface area contributed by atoms with Crippen molar-refractivity contribution < 1.29 is 14.0 Å². The average molecular weight is 423 g/mol. The number of nitrogens with one attached hydrogen (secondary N) is 1. The molecule has 2 aromatic rings. The van der Waals surface area contributed by atoms with Crippen LogP contribution in [0.3, 0.4) is 0 Å². The van der Waals surface area contributed by atoms with Crippen molar-refractivity contribution in [1.29, 1.82) is 0 Å². The molecule has 0 aliphatic carbocycles. The molecule has 0 spiro atoms. The van der Waals surface area contributed by atoms with E-state index in [2.05, 4.69) is 21.2 Å². The molecule has 1 saturated heterocycles. The highest BCUT2D eigenvalue weighted by Gasteiger charge is 2.48. The van der Waals surface area contributed by atoms with Crippen LogP contribution >= 0.6 is 27.7 Å². The Hall–Kier alpha value is -1.86. The van der Waals surface area contributed by atoms with Gasteiger partial charge >= 0.3 is 6.03 Å². The van der Waals surface area contributed by atoms with Crippen molar-refractivity contribution >= 4 is 39.6 Å². The second-order valence-corrected chi connectivity index (χ2v) is 7.85. The van der Waals surface area contributed by atoms with E-state index >= 15 is 0 Å². The molecule has 0 bridgehead atoms. The lowest BCUT2D eigenvalue weighted by Gasteiger charge is -2.22. The molecule has 7 heteroatoms. The number of rotatable bonds is 5. The Bertz CT molecular complexity index is 832. The third kappa shape index (κ3) is 3.57. The van der Waals surface area contributed by atoms with Crippen molar-refractivity contribution in [3.63, 3.8) is 0 Å². The van der Waals surface area contributed by atoms with Crippen LogP contribution < -0.4 is 5.32 Å². The maximum absolute atomic E-state index is 13.6. The van der Waals surface area contributed by atoms with E-state index in [1.807, 2.05) is 18.2 Å². The van der Waals surface area contributed by atoms with Crippen LogP contribution in [0, 0.1) is 5.82 Å². The van der Waals surface area contributed by atoms with Gasteiger partial charge in [0.15, 0.2) is 0 Å². The average Bonchev–Trinajstić information content (AvgIpc) is 2.80. The molecule has 1 heterocycles. The third-order valence-electron chi connectivity index (χ3n) is 4.09. The zero-order chi connectivity index (χ0) is 18.0. The van der Waals surface area contributed by atoms with Crippen molar-refractivity contribution in [3.8, 4) is 0 Å². The summed E-state index contributed by atoms with van der Waals surface area (Å²) in [6.45, 7) is 1.91. The van der Waals surface area contributed by atoms with Crippen molar-refractivity contribution in [1.82, 2.24) is 10.2 Å². The van der Waals surface area contributed by atoms with Crippen LogP contribution in [0.4, 0.5) is 9.18 Å². The van der Waals surface area contributed by atoms with E-state index in [9.17, 15) is 14.0 Å². The summed E-state index contributed by atoms with van der Waals surface area (Å²) in [4.78, 5) is 26.8. The number of benzene rings is 2. The molecule has 0 saturated carbocycles. The number of hydrogen-bond donors (Lipinski definition) is 1. The summed E-state index contributed by atoms with van der Waals surface area (Å²) >= 11 is 4.66. The molecule has 3 amide bonds. The maximum atomic E-state index is 13.6. The monoisotopic (exact) mass is 422 g/mol. The highest BCUT2D eigenvalue weighted by Crippen LogP contribution is 2.31. The number of carbonyl (C=O) groups excluding carboxylic acids is 2. The number of imide groups is 1. The van der Waals surface area contributed by atoms with Crippen LogP contribution in [0.2, 0.25) is 0 Å². The Morgan fingerprint density at radius 1 is 1.20 bits per heavy atom. The Balaban J connectivity index is 1.70. The van der Waals surface area contributed by atoms with Gasteiger partial charge in [-0.3, -0.25) is 9.69 Å². The fourth-order valence-electron chi connectivity index (χ4n) is 2.70. The SMILES string of the molecule is CC1(c2cccc(Br)c2)NC(=O)N(CCSc2ccccc2F)C1=O. The largest absolute Gasteiger partial charge is 0.325 e. The fourth-order valence-corrected chi connectivity index (χ4v) is 3.98. The molecule has 0 radical (unpaired) electrons. The van der Waals surface area contributed by atoms with Gasteiger partial charge in [0.05, 0.1) is 0 Å². The van der Waals surface area contributed by atoms with Crippen molar-refractivity contribution in [2.45, 2.75) is 17.4 Å². The predicted octanol–water partition coefficient (Wildman–Crippen LogP) is 4.15. The lowest BCUT2D eigenvalue weighted by Crippen LogP contribution is -2.41. The van der Waals surface area contributed by atoms with Gasteiger partial charge in [0.1, 0.15) is 11.4 Å². The van der Waals surface area contributed by atoms with E-state index in [0.717, 1.165) is 4.47 Å². The van der Waals surface area contributed by atoms with Crippen LogP contribution in [0.1, 0.15) is 12.5 Å². The zero-order valence-corrected chi connectivity index (χ0v) is 15.9. The zero-order valence-electron chi connectivity index (χ0n) is 13.5. The first kappa shape index (κ1) is 17.9. The Kier molecular flexibility index (Phi) is 5.15. The smallest absolute Gasteiger partial charge is 0.319 e. The molecule has 2 aromatic carbocycles. The summed E-state index contributed by atoms with van der Waals surface area (Å²) < 4.78 is 14.5. The minimum Gasteiger partial charge on any atom is -0.319 e. The third-order valence-corrected chi connectivity index (χ3v) is 5.61. The van der Waals surface area contributed by atoms with E-state index in [0.29, 0.717) is 16.2 Å². The number of hydrogen-bond acceptors (Lipinski definition) is 3. The molecule has 1 aliphatic rings. The standard InChI is InChI=1S/C18H16BrFN2O2S/c1-18(12-5-4-6-13(19)11-12)16(23)22(17(24)21-18)9-10-25-15-8-3-2-7-14(15)20/h2-8,11H,9-10H2,1H3,(H,21,24). The first-order valence-electron chi connectivity index (χ1n) is 7.69. The van der Waals surface area contributed by atoms with Crippen molar-refractivity contribution in [2.75, 3.05) is 12.3 Å². The first-order chi connectivity index (χ1) is 11.9. The van der Waals surface area contributed by atoms with Crippen molar-refractivity contribution in [2.24, 2.45) is 0 Å². The van der Waals surface area contributed by atoms with Gasteiger partial charge in [0.2, 0.25) is 0 Å². The number of urea groups is 1. The molecule has 130 valence electrons. The topological polar surface area (TPSA) is 49.4 Å². The van der Waals surface area contributed by atoms with Gasteiger partial charge in [-0.05, 0) is 36.8 Å². The molecular formula is C18H16BrFN2O2S. The summed E-state index contributed by atoms with van der Waals surface area (Å²) in [5.74, 6) is -0.178. The summed E-state index contributed by atoms with van der Waals surface area (Å²) in [7, 11) is 0. The Labute approximate surface area is 157 Å². The molecule has 3 rings (SSSR count). The number of thioether (sulfide) groups is 1. The normalized spacial score (nSPS) is 20.0. The molecule has 1 atom stereocenters. The first-order valence-corrected chi connectivity index (χ1v) is 9.47. The minimum atomic E-state index is -1.09. The minimum absolute atomic E-state index is 0.216. The quantitative estimate of drug-likeness (QED) is 0.581. The summed E-state index contributed by atoms with van der Waals surface area (Å²) in [6.07, 6.45) is 0. The van der Waals surface area contributed by atoms with Crippen LogP contribution in [0.5, 0.6) is 0 Å².